The number of ether oxygens (including phenoxy) is 2. The molecule has 0 aliphatic carbocycles. The Morgan fingerprint density at radius 1 is 0.935 bits per heavy atom. The average Bonchev–Trinajstić information content (AvgIpc) is 2.68. The zero-order chi connectivity index (χ0) is 23.3. The van der Waals surface area contributed by atoms with Gasteiger partial charge in [-0.15, -0.1) is 0 Å². The fraction of sp³-hybridized carbons (Fsp3) is 0.913. The molecule has 0 bridgehead atoms. The van der Waals surface area contributed by atoms with E-state index in [4.69, 9.17) is 9.47 Å². The van der Waals surface area contributed by atoms with E-state index in [1.54, 1.807) is 0 Å². The molecule has 2 fully saturated rings. The van der Waals surface area contributed by atoms with Crippen molar-refractivity contribution in [3.8, 4) is 0 Å². The molecule has 6 nitrogen and oxygen atoms in total. The molecular formula is C23H41I2N2O4+. The van der Waals surface area contributed by atoms with Crippen molar-refractivity contribution in [3.05, 3.63) is 0 Å². The van der Waals surface area contributed by atoms with Gasteiger partial charge in [0.05, 0.1) is 13.1 Å². The lowest BCUT2D eigenvalue weighted by Gasteiger charge is -2.44. The summed E-state index contributed by atoms with van der Waals surface area (Å²) in [6.45, 7) is 13.1. The van der Waals surface area contributed by atoms with E-state index in [-0.39, 0.29) is 16.7 Å². The molecule has 2 amide bonds. The van der Waals surface area contributed by atoms with Crippen molar-refractivity contribution in [2.75, 3.05) is 41.6 Å². The first-order valence-electron chi connectivity index (χ1n) is 11.6. The van der Waals surface area contributed by atoms with Gasteiger partial charge >= 0.3 is 12.2 Å². The van der Waals surface area contributed by atoms with E-state index in [2.05, 4.69) is 45.2 Å². The molecule has 2 aliphatic rings. The number of hydrogen-bond donors (Lipinski definition) is 0. The topological polar surface area (TPSA) is 55.8 Å². The summed E-state index contributed by atoms with van der Waals surface area (Å²) in [5.41, 5.74) is -1.28. The van der Waals surface area contributed by atoms with Gasteiger partial charge in [0.2, 0.25) is 0 Å². The molecule has 8 heteroatoms. The van der Waals surface area contributed by atoms with Crippen LogP contribution in [-0.4, -0.2) is 74.4 Å². The molecule has 2 heterocycles. The van der Waals surface area contributed by atoms with Crippen LogP contribution in [0.3, 0.4) is 0 Å². The molecule has 0 N–H and O–H groups in total. The van der Waals surface area contributed by atoms with Gasteiger partial charge in [0.25, 0.3) is 0 Å². The summed E-state index contributed by atoms with van der Waals surface area (Å²) in [5, 5.41) is 0. The van der Waals surface area contributed by atoms with Crippen LogP contribution in [0.4, 0.5) is 9.59 Å². The van der Waals surface area contributed by atoms with Crippen molar-refractivity contribution in [2.24, 2.45) is 11.8 Å². The third kappa shape index (κ3) is 8.46. The fourth-order valence-electron chi connectivity index (χ4n) is 4.65. The summed E-state index contributed by atoms with van der Waals surface area (Å²) in [6, 6.07) is 0. The number of piperidine rings is 2. The largest absolute Gasteiger partial charge is 0.516 e. The number of quaternary nitrogens is 1. The normalized spacial score (nSPS) is 25.9. The van der Waals surface area contributed by atoms with Crippen LogP contribution >= 0.6 is 45.2 Å². The highest BCUT2D eigenvalue weighted by Crippen LogP contribution is 2.32. The summed E-state index contributed by atoms with van der Waals surface area (Å²) >= 11 is 4.86. The Morgan fingerprint density at radius 2 is 1.52 bits per heavy atom. The summed E-state index contributed by atoms with van der Waals surface area (Å²) in [7, 11) is 0. The number of likely N-dealkylation sites (tertiary alicyclic amines) is 2. The lowest BCUT2D eigenvalue weighted by Crippen LogP contribution is -2.63. The van der Waals surface area contributed by atoms with Crippen molar-refractivity contribution in [1.82, 2.24) is 4.90 Å². The molecular weight excluding hydrogens is 622 g/mol. The second-order valence-corrected chi connectivity index (χ2v) is 12.8. The van der Waals surface area contributed by atoms with Gasteiger partial charge < -0.3 is 14.4 Å². The highest BCUT2D eigenvalue weighted by atomic mass is 127. The van der Waals surface area contributed by atoms with Gasteiger partial charge in [0.15, 0.2) is 5.60 Å². The smallest absolute Gasteiger partial charge is 0.437 e. The second kappa shape index (κ2) is 11.5. The molecule has 0 radical (unpaired) electrons. The van der Waals surface area contributed by atoms with E-state index >= 15 is 0 Å². The zero-order valence-electron chi connectivity index (χ0n) is 19.9. The summed E-state index contributed by atoms with van der Waals surface area (Å²) < 4.78 is 14.4. The standard InChI is InChI=1S/C23H41I2N2O4/c1-22(2,3)31-21(29)27(14-9-18(6-11-24)10-15-27)17-23(4,5)30-20(28)26-12-7-19(16-25)8-13-26/h18-19H,6-17H2,1-5H3/q+1. The Bertz CT molecular complexity index is 605. The molecule has 0 saturated carbocycles. The molecule has 0 atom stereocenters. The average molecular weight is 663 g/mol. The van der Waals surface area contributed by atoms with Gasteiger partial charge in [-0.3, -0.25) is 0 Å². The number of rotatable bonds is 6. The zero-order valence-corrected chi connectivity index (χ0v) is 24.2. The van der Waals surface area contributed by atoms with Crippen LogP contribution in [0.1, 0.15) is 66.7 Å². The maximum Gasteiger partial charge on any atom is 0.516 e. The van der Waals surface area contributed by atoms with Gasteiger partial charge in [0.1, 0.15) is 12.1 Å². The number of alkyl halides is 2. The molecule has 2 saturated heterocycles. The van der Waals surface area contributed by atoms with Crippen LogP contribution in [0.15, 0.2) is 0 Å². The van der Waals surface area contributed by atoms with Crippen LogP contribution in [0.5, 0.6) is 0 Å². The van der Waals surface area contributed by atoms with Gasteiger partial charge in [-0.1, -0.05) is 45.2 Å². The molecule has 2 rings (SSSR count). The first kappa shape index (κ1) is 27.4. The predicted molar refractivity (Wildman–Crippen MR) is 141 cm³/mol. The predicted octanol–water partition coefficient (Wildman–Crippen LogP) is 6.04. The minimum Gasteiger partial charge on any atom is -0.437 e. The molecule has 0 aromatic rings. The van der Waals surface area contributed by atoms with E-state index in [9.17, 15) is 9.59 Å². The monoisotopic (exact) mass is 663 g/mol. The summed E-state index contributed by atoms with van der Waals surface area (Å²) in [6.07, 6.45) is 4.85. The number of amides is 2. The maximum atomic E-state index is 13.3. The minimum absolute atomic E-state index is 0.188. The highest BCUT2D eigenvalue weighted by Gasteiger charge is 2.48. The van der Waals surface area contributed by atoms with Gasteiger partial charge in [-0.05, 0) is 70.1 Å². The van der Waals surface area contributed by atoms with Crippen molar-refractivity contribution < 1.29 is 23.5 Å². The number of carbonyl (C=O) groups is 2. The third-order valence-electron chi connectivity index (χ3n) is 6.37. The Balaban J connectivity index is 2.07. The van der Waals surface area contributed by atoms with Crippen LogP contribution in [0, 0.1) is 11.8 Å². The highest BCUT2D eigenvalue weighted by molar-refractivity contribution is 14.1. The van der Waals surface area contributed by atoms with Crippen molar-refractivity contribution >= 4 is 57.4 Å². The number of carbonyl (C=O) groups excluding carboxylic acids is 2. The van der Waals surface area contributed by atoms with Gasteiger partial charge in [-0.2, -0.15) is 4.79 Å². The molecule has 180 valence electrons. The van der Waals surface area contributed by atoms with Crippen molar-refractivity contribution in [2.45, 2.75) is 77.9 Å². The van der Waals surface area contributed by atoms with Gasteiger partial charge in [-0.25, -0.2) is 9.28 Å². The Kier molecular flexibility index (Phi) is 10.2. The number of hydrogen-bond acceptors (Lipinski definition) is 4. The first-order chi connectivity index (χ1) is 14.4. The summed E-state index contributed by atoms with van der Waals surface area (Å²) in [4.78, 5) is 28.0. The van der Waals surface area contributed by atoms with Gasteiger partial charge in [0, 0.05) is 30.4 Å². The lowest BCUT2D eigenvalue weighted by atomic mass is 9.91. The minimum atomic E-state index is -0.746. The number of halogens is 2. The van der Waals surface area contributed by atoms with E-state index in [0.29, 0.717) is 18.4 Å². The molecule has 2 aliphatic heterocycles. The lowest BCUT2D eigenvalue weighted by molar-refractivity contribution is -0.870. The van der Waals surface area contributed by atoms with E-state index in [1.807, 2.05) is 39.5 Å². The molecule has 31 heavy (non-hydrogen) atoms. The summed E-state index contributed by atoms with van der Waals surface area (Å²) in [5.74, 6) is 1.36. The van der Waals surface area contributed by atoms with Crippen LogP contribution < -0.4 is 0 Å². The fourth-order valence-corrected chi connectivity index (χ4v) is 6.42. The van der Waals surface area contributed by atoms with E-state index in [0.717, 1.165) is 60.7 Å². The van der Waals surface area contributed by atoms with Crippen LogP contribution in [0.2, 0.25) is 0 Å². The molecule has 0 unspecified atom stereocenters. The van der Waals surface area contributed by atoms with Crippen LogP contribution in [0.25, 0.3) is 0 Å². The number of nitrogens with zero attached hydrogens (tertiary/aromatic N) is 2. The van der Waals surface area contributed by atoms with Crippen molar-refractivity contribution in [3.63, 3.8) is 0 Å². The SMILES string of the molecule is CC(C)(C)OC(=O)[N+]1(CC(C)(C)OC(=O)N2CCC(CI)CC2)CCC(CCI)CC1. The Labute approximate surface area is 216 Å². The van der Waals surface area contributed by atoms with Crippen molar-refractivity contribution in [1.29, 1.82) is 0 Å². The Hall–Kier alpha value is 0.160. The second-order valence-electron chi connectivity index (χ2n) is 10.9. The Morgan fingerprint density at radius 3 is 2.00 bits per heavy atom. The quantitative estimate of drug-likeness (QED) is 0.198. The molecule has 0 spiro atoms. The molecule has 0 aromatic heterocycles. The first-order valence-corrected chi connectivity index (χ1v) is 14.6. The third-order valence-corrected chi connectivity index (χ3v) is 8.24. The maximum absolute atomic E-state index is 13.3. The molecule has 0 aromatic carbocycles. The van der Waals surface area contributed by atoms with E-state index in [1.165, 1.54) is 6.42 Å². The van der Waals surface area contributed by atoms with E-state index < -0.39 is 11.2 Å². The van der Waals surface area contributed by atoms with Crippen LogP contribution in [-0.2, 0) is 9.47 Å².